The molecule has 0 fully saturated rings. The molecule has 28 heavy (non-hydrogen) atoms. The highest BCUT2D eigenvalue weighted by atomic mass is 19.4. The fraction of sp³-hybridized carbons (Fsp3) is 0.211. The van der Waals surface area contributed by atoms with E-state index in [1.807, 2.05) is 0 Å². The van der Waals surface area contributed by atoms with E-state index < -0.39 is 23.2 Å². The zero-order chi connectivity index (χ0) is 20.7. The molecular formula is C19H17F3N4O2. The summed E-state index contributed by atoms with van der Waals surface area (Å²) in [7, 11) is 0. The number of H-pyrrole nitrogens is 1. The van der Waals surface area contributed by atoms with Crippen LogP contribution in [0.15, 0.2) is 36.7 Å². The van der Waals surface area contributed by atoms with Crippen LogP contribution in [-0.4, -0.2) is 26.0 Å². The van der Waals surface area contributed by atoms with Crippen molar-refractivity contribution in [1.82, 2.24) is 15.0 Å². The average Bonchev–Trinajstić information content (AvgIpc) is 3.00. The number of alkyl halides is 3. The van der Waals surface area contributed by atoms with Gasteiger partial charge in [-0.25, -0.2) is 9.97 Å². The van der Waals surface area contributed by atoms with Crippen molar-refractivity contribution in [3.8, 4) is 11.3 Å². The summed E-state index contributed by atoms with van der Waals surface area (Å²) in [5.74, 6) is -0.643. The third-order valence-electron chi connectivity index (χ3n) is 4.12. The quantitative estimate of drug-likeness (QED) is 0.594. The first-order chi connectivity index (χ1) is 13.0. The number of amides is 1. The Morgan fingerprint density at radius 1 is 1.25 bits per heavy atom. The minimum atomic E-state index is -4.65. The Kier molecular flexibility index (Phi) is 4.72. The normalized spacial score (nSPS) is 12.8. The summed E-state index contributed by atoms with van der Waals surface area (Å²) < 4.78 is 40.5. The number of primary amides is 1. The van der Waals surface area contributed by atoms with Gasteiger partial charge in [0, 0.05) is 23.4 Å². The Hall–Kier alpha value is -3.20. The van der Waals surface area contributed by atoms with Crippen molar-refractivity contribution >= 4 is 23.1 Å². The lowest BCUT2D eigenvalue weighted by Gasteiger charge is -2.23. The molecular weight excluding hydrogens is 373 g/mol. The minimum absolute atomic E-state index is 0.195. The predicted molar refractivity (Wildman–Crippen MR) is 97.8 cm³/mol. The van der Waals surface area contributed by atoms with Gasteiger partial charge in [-0.1, -0.05) is 12.1 Å². The van der Waals surface area contributed by atoms with Crippen LogP contribution in [0.1, 0.15) is 30.5 Å². The first-order valence-corrected chi connectivity index (χ1v) is 8.23. The van der Waals surface area contributed by atoms with E-state index in [2.05, 4.69) is 15.0 Å². The summed E-state index contributed by atoms with van der Waals surface area (Å²) in [6, 6.07) is 3.62. The summed E-state index contributed by atoms with van der Waals surface area (Å²) in [6.07, 6.45) is 0.855. The van der Waals surface area contributed by atoms with Crippen molar-refractivity contribution in [3.63, 3.8) is 0 Å². The average molecular weight is 390 g/mol. The molecule has 0 aliphatic carbocycles. The monoisotopic (exact) mass is 390 g/mol. The number of aromatic amines is 1. The molecule has 2 aromatic heterocycles. The second-order valence-electron chi connectivity index (χ2n) is 6.75. The number of carbonyl (C=O) groups excluding carboxylic acids is 1. The number of nitrogens with zero attached hydrogens (tertiary/aromatic N) is 2. The molecule has 0 aliphatic heterocycles. The first kappa shape index (κ1) is 19.6. The van der Waals surface area contributed by atoms with Crippen LogP contribution in [0.25, 0.3) is 28.5 Å². The standard InChI is InChI=1S/C19H17F3N4O2/c1-18(2,28)12-5-3-10(7-13(12)19(20,21)22)14-9-25-17-16(26-14)11(8-24-17)4-6-15(23)27/h3-9,28H,1-2H3,(H2,23,27)(H,24,25). The van der Waals surface area contributed by atoms with Crippen molar-refractivity contribution in [2.24, 2.45) is 5.73 Å². The van der Waals surface area contributed by atoms with Crippen LogP contribution in [0.3, 0.4) is 0 Å². The maximum atomic E-state index is 13.5. The van der Waals surface area contributed by atoms with Crippen LogP contribution in [0.2, 0.25) is 0 Å². The summed E-state index contributed by atoms with van der Waals surface area (Å²) in [6.45, 7) is 2.58. The Bertz CT molecular complexity index is 1080. The fourth-order valence-electron chi connectivity index (χ4n) is 2.82. The molecule has 0 spiro atoms. The molecule has 0 aliphatic rings. The molecule has 0 saturated heterocycles. The van der Waals surface area contributed by atoms with E-state index in [-0.39, 0.29) is 16.8 Å². The van der Waals surface area contributed by atoms with E-state index in [0.29, 0.717) is 16.7 Å². The highest BCUT2D eigenvalue weighted by Gasteiger charge is 2.37. The van der Waals surface area contributed by atoms with E-state index in [1.54, 1.807) is 6.20 Å². The van der Waals surface area contributed by atoms with E-state index in [9.17, 15) is 23.1 Å². The zero-order valence-corrected chi connectivity index (χ0v) is 15.0. The van der Waals surface area contributed by atoms with Crippen molar-refractivity contribution in [1.29, 1.82) is 0 Å². The van der Waals surface area contributed by atoms with Crippen molar-refractivity contribution in [2.75, 3.05) is 0 Å². The molecule has 0 radical (unpaired) electrons. The largest absolute Gasteiger partial charge is 0.416 e. The Balaban J connectivity index is 2.14. The molecule has 6 nitrogen and oxygen atoms in total. The van der Waals surface area contributed by atoms with Gasteiger partial charge >= 0.3 is 6.18 Å². The molecule has 1 amide bonds. The molecule has 2 heterocycles. The molecule has 0 atom stereocenters. The van der Waals surface area contributed by atoms with E-state index in [1.165, 1.54) is 38.3 Å². The van der Waals surface area contributed by atoms with Gasteiger partial charge in [0.2, 0.25) is 5.91 Å². The maximum absolute atomic E-state index is 13.5. The number of halogens is 3. The first-order valence-electron chi connectivity index (χ1n) is 8.23. The smallest absolute Gasteiger partial charge is 0.386 e. The maximum Gasteiger partial charge on any atom is 0.416 e. The van der Waals surface area contributed by atoms with Gasteiger partial charge in [0.1, 0.15) is 5.52 Å². The predicted octanol–water partition coefficient (Wildman–Crippen LogP) is 3.37. The number of rotatable bonds is 4. The number of aliphatic hydroxyl groups is 1. The lowest BCUT2D eigenvalue weighted by atomic mass is 9.91. The number of hydrogen-bond donors (Lipinski definition) is 3. The highest BCUT2D eigenvalue weighted by Crippen LogP contribution is 2.38. The molecule has 0 saturated carbocycles. The SMILES string of the molecule is CC(C)(O)c1ccc(-c2cnc3[nH]cc(C=CC(N)=O)c3n2)cc1C(F)(F)F. The molecule has 146 valence electrons. The zero-order valence-electron chi connectivity index (χ0n) is 15.0. The minimum Gasteiger partial charge on any atom is -0.386 e. The van der Waals surface area contributed by atoms with E-state index in [4.69, 9.17) is 5.73 Å². The summed E-state index contributed by atoms with van der Waals surface area (Å²) in [5, 5.41) is 10.1. The number of fused-ring (bicyclic) bond motifs is 1. The third kappa shape index (κ3) is 3.89. The van der Waals surface area contributed by atoms with Gasteiger partial charge in [-0.15, -0.1) is 0 Å². The number of carbonyl (C=O) groups is 1. The van der Waals surface area contributed by atoms with Gasteiger partial charge in [-0.2, -0.15) is 13.2 Å². The van der Waals surface area contributed by atoms with Crippen molar-refractivity contribution in [3.05, 3.63) is 53.4 Å². The Labute approximate surface area is 157 Å². The number of nitrogens with one attached hydrogen (secondary N) is 1. The third-order valence-corrected chi connectivity index (χ3v) is 4.12. The number of benzene rings is 1. The van der Waals surface area contributed by atoms with Gasteiger partial charge in [0.15, 0.2) is 5.65 Å². The van der Waals surface area contributed by atoms with Gasteiger partial charge in [-0.05, 0) is 31.6 Å². The van der Waals surface area contributed by atoms with Crippen LogP contribution >= 0.6 is 0 Å². The topological polar surface area (TPSA) is 105 Å². The summed E-state index contributed by atoms with van der Waals surface area (Å²) >= 11 is 0. The molecule has 4 N–H and O–H groups in total. The molecule has 3 rings (SSSR count). The van der Waals surface area contributed by atoms with Gasteiger partial charge in [0.05, 0.1) is 23.1 Å². The lowest BCUT2D eigenvalue weighted by Crippen LogP contribution is -2.22. The van der Waals surface area contributed by atoms with Crippen LogP contribution in [-0.2, 0) is 16.6 Å². The molecule has 3 aromatic rings. The van der Waals surface area contributed by atoms with Crippen LogP contribution in [0.5, 0.6) is 0 Å². The molecule has 1 aromatic carbocycles. The Morgan fingerprint density at radius 2 is 1.96 bits per heavy atom. The number of nitrogens with two attached hydrogens (primary N) is 1. The van der Waals surface area contributed by atoms with Crippen LogP contribution in [0.4, 0.5) is 13.2 Å². The van der Waals surface area contributed by atoms with Crippen molar-refractivity contribution in [2.45, 2.75) is 25.6 Å². The molecule has 0 bridgehead atoms. The second kappa shape index (κ2) is 6.75. The van der Waals surface area contributed by atoms with Gasteiger partial charge in [-0.3, -0.25) is 4.79 Å². The summed E-state index contributed by atoms with van der Waals surface area (Å²) in [4.78, 5) is 22.3. The van der Waals surface area contributed by atoms with E-state index >= 15 is 0 Å². The number of aromatic nitrogens is 3. The van der Waals surface area contributed by atoms with Crippen LogP contribution in [0, 0.1) is 0 Å². The molecule has 0 unspecified atom stereocenters. The van der Waals surface area contributed by atoms with Crippen molar-refractivity contribution < 1.29 is 23.1 Å². The van der Waals surface area contributed by atoms with Gasteiger partial charge in [0.25, 0.3) is 0 Å². The molecule has 9 heteroatoms. The Morgan fingerprint density at radius 3 is 2.57 bits per heavy atom. The number of hydrogen-bond acceptors (Lipinski definition) is 4. The second-order valence-corrected chi connectivity index (χ2v) is 6.75. The van der Waals surface area contributed by atoms with Crippen LogP contribution < -0.4 is 5.73 Å². The summed E-state index contributed by atoms with van der Waals surface area (Å²) in [5.41, 5.74) is 3.98. The lowest BCUT2D eigenvalue weighted by molar-refractivity contribution is -0.140. The van der Waals surface area contributed by atoms with Gasteiger partial charge < -0.3 is 15.8 Å². The fourth-order valence-corrected chi connectivity index (χ4v) is 2.82. The van der Waals surface area contributed by atoms with E-state index in [0.717, 1.165) is 12.1 Å². The highest BCUT2D eigenvalue weighted by molar-refractivity contribution is 5.93.